The molecule has 0 amide bonds. The van der Waals surface area contributed by atoms with Gasteiger partial charge < -0.3 is 5.32 Å². The number of rotatable bonds is 2. The first-order valence-electron chi connectivity index (χ1n) is 6.92. The fraction of sp³-hybridized carbons (Fsp3) is 0.500. The first-order chi connectivity index (χ1) is 9.49. The molecule has 1 fully saturated rings. The largest absolute Gasteiger partial charge is 0.362 e. The van der Waals surface area contributed by atoms with Crippen LogP contribution in [0.2, 0.25) is 0 Å². The average Bonchev–Trinajstić information content (AvgIpc) is 2.45. The Bertz CT molecular complexity index is 520. The fourth-order valence-corrected chi connectivity index (χ4v) is 3.05. The summed E-state index contributed by atoms with van der Waals surface area (Å²) in [5.74, 6) is 1.13. The standard InChI is InChI=1S/C16H21N3S/c1-16(2,3)14-8-9-20-15(19-14)18-11-13-6-4-12(10-17)5-7-13/h4-7,14H,8-9,11H2,1-3H3,(H,18,19). The SMILES string of the molecule is CC(C)(C)C1CCSC(=NCc2ccc(C#N)cc2)N1. The smallest absolute Gasteiger partial charge is 0.157 e. The first kappa shape index (κ1) is 14.9. The second kappa shape index (κ2) is 6.32. The van der Waals surface area contributed by atoms with Crippen LogP contribution in [0.3, 0.4) is 0 Å². The highest BCUT2D eigenvalue weighted by molar-refractivity contribution is 8.13. The number of amidine groups is 1. The van der Waals surface area contributed by atoms with E-state index in [1.165, 1.54) is 6.42 Å². The van der Waals surface area contributed by atoms with Gasteiger partial charge in [0, 0.05) is 11.8 Å². The zero-order chi connectivity index (χ0) is 14.6. The average molecular weight is 287 g/mol. The summed E-state index contributed by atoms with van der Waals surface area (Å²) in [5, 5.41) is 13.4. The highest BCUT2D eigenvalue weighted by Gasteiger charge is 2.28. The van der Waals surface area contributed by atoms with Crippen LogP contribution in [0.25, 0.3) is 0 Å². The van der Waals surface area contributed by atoms with Gasteiger partial charge in [0.1, 0.15) is 0 Å². The van der Waals surface area contributed by atoms with E-state index in [0.29, 0.717) is 18.2 Å². The molecule has 4 heteroatoms. The van der Waals surface area contributed by atoms with E-state index in [1.54, 1.807) is 11.8 Å². The second-order valence-electron chi connectivity index (χ2n) is 6.13. The summed E-state index contributed by atoms with van der Waals surface area (Å²) in [7, 11) is 0. The molecule has 1 atom stereocenters. The van der Waals surface area contributed by atoms with Gasteiger partial charge in [-0.25, -0.2) is 0 Å². The normalized spacial score (nSPS) is 21.3. The Labute approximate surface area is 125 Å². The van der Waals surface area contributed by atoms with Crippen molar-refractivity contribution in [3.05, 3.63) is 35.4 Å². The Morgan fingerprint density at radius 1 is 1.35 bits per heavy atom. The molecule has 1 saturated heterocycles. The predicted octanol–water partition coefficient (Wildman–Crippen LogP) is 3.56. The lowest BCUT2D eigenvalue weighted by Gasteiger charge is -2.35. The van der Waals surface area contributed by atoms with Crippen LogP contribution < -0.4 is 5.32 Å². The van der Waals surface area contributed by atoms with E-state index in [0.717, 1.165) is 16.5 Å². The van der Waals surface area contributed by atoms with Gasteiger partial charge in [-0.1, -0.05) is 44.7 Å². The number of aliphatic imine (C=N–C) groups is 1. The topological polar surface area (TPSA) is 48.2 Å². The highest BCUT2D eigenvalue weighted by atomic mass is 32.2. The third-order valence-electron chi connectivity index (χ3n) is 3.48. The van der Waals surface area contributed by atoms with E-state index in [4.69, 9.17) is 5.26 Å². The summed E-state index contributed by atoms with van der Waals surface area (Å²) in [6, 6.07) is 10.2. The van der Waals surface area contributed by atoms with Gasteiger partial charge >= 0.3 is 0 Å². The van der Waals surface area contributed by atoms with E-state index in [2.05, 4.69) is 37.1 Å². The molecule has 0 spiro atoms. The Morgan fingerprint density at radius 3 is 2.65 bits per heavy atom. The van der Waals surface area contributed by atoms with Crippen molar-refractivity contribution in [1.29, 1.82) is 5.26 Å². The molecule has 1 heterocycles. The Morgan fingerprint density at radius 2 is 2.05 bits per heavy atom. The molecule has 1 N–H and O–H groups in total. The van der Waals surface area contributed by atoms with Crippen LogP contribution in [-0.2, 0) is 6.54 Å². The fourth-order valence-electron chi connectivity index (χ4n) is 2.12. The van der Waals surface area contributed by atoms with Crippen LogP contribution in [-0.4, -0.2) is 17.0 Å². The van der Waals surface area contributed by atoms with Crippen molar-refractivity contribution in [3.8, 4) is 6.07 Å². The Hall–Kier alpha value is -1.47. The first-order valence-corrected chi connectivity index (χ1v) is 7.90. The van der Waals surface area contributed by atoms with Crippen LogP contribution in [0.15, 0.2) is 29.3 Å². The zero-order valence-corrected chi connectivity index (χ0v) is 13.1. The molecule has 1 aliphatic heterocycles. The van der Waals surface area contributed by atoms with Gasteiger partial charge in [0.15, 0.2) is 5.17 Å². The number of thioether (sulfide) groups is 1. The maximum atomic E-state index is 8.78. The summed E-state index contributed by atoms with van der Waals surface area (Å²) in [4.78, 5) is 4.66. The lowest BCUT2D eigenvalue weighted by Crippen LogP contribution is -2.46. The number of hydrogen-bond donors (Lipinski definition) is 1. The lowest BCUT2D eigenvalue weighted by atomic mass is 9.85. The van der Waals surface area contributed by atoms with Crippen molar-refractivity contribution in [2.45, 2.75) is 39.8 Å². The summed E-state index contributed by atoms with van der Waals surface area (Å²) >= 11 is 1.80. The lowest BCUT2D eigenvalue weighted by molar-refractivity contribution is 0.290. The highest BCUT2D eigenvalue weighted by Crippen LogP contribution is 2.27. The molecule has 3 nitrogen and oxygen atoms in total. The molecular weight excluding hydrogens is 266 g/mol. The second-order valence-corrected chi connectivity index (χ2v) is 7.21. The molecule has 2 rings (SSSR count). The molecule has 1 unspecified atom stereocenters. The Balaban J connectivity index is 1.98. The van der Waals surface area contributed by atoms with Crippen LogP contribution >= 0.6 is 11.8 Å². The van der Waals surface area contributed by atoms with Crippen LogP contribution in [0.1, 0.15) is 38.3 Å². The Kier molecular flexibility index (Phi) is 4.72. The van der Waals surface area contributed by atoms with Crippen molar-refractivity contribution < 1.29 is 0 Å². The number of nitrogens with zero attached hydrogens (tertiary/aromatic N) is 2. The monoisotopic (exact) mass is 287 g/mol. The number of hydrogen-bond acceptors (Lipinski definition) is 3. The van der Waals surface area contributed by atoms with E-state index >= 15 is 0 Å². The minimum atomic E-state index is 0.260. The van der Waals surface area contributed by atoms with E-state index in [1.807, 2.05) is 24.3 Å². The quantitative estimate of drug-likeness (QED) is 0.905. The number of benzene rings is 1. The summed E-state index contributed by atoms with van der Waals surface area (Å²) < 4.78 is 0. The van der Waals surface area contributed by atoms with Crippen molar-refractivity contribution in [3.63, 3.8) is 0 Å². The maximum Gasteiger partial charge on any atom is 0.157 e. The molecule has 0 aromatic heterocycles. The van der Waals surface area contributed by atoms with E-state index in [-0.39, 0.29) is 5.41 Å². The molecule has 106 valence electrons. The van der Waals surface area contributed by atoms with Crippen molar-refractivity contribution in [2.24, 2.45) is 10.4 Å². The van der Waals surface area contributed by atoms with Gasteiger partial charge in [-0.15, -0.1) is 0 Å². The maximum absolute atomic E-state index is 8.78. The number of nitriles is 1. The minimum absolute atomic E-state index is 0.260. The summed E-state index contributed by atoms with van der Waals surface area (Å²) in [5.41, 5.74) is 2.09. The van der Waals surface area contributed by atoms with Gasteiger partial charge in [-0.3, -0.25) is 4.99 Å². The summed E-state index contributed by atoms with van der Waals surface area (Å²) in [6.07, 6.45) is 1.18. The zero-order valence-electron chi connectivity index (χ0n) is 12.3. The molecule has 1 aromatic rings. The molecule has 0 aliphatic carbocycles. The van der Waals surface area contributed by atoms with Crippen LogP contribution in [0.4, 0.5) is 0 Å². The molecule has 0 radical (unpaired) electrons. The van der Waals surface area contributed by atoms with E-state index in [9.17, 15) is 0 Å². The van der Waals surface area contributed by atoms with Gasteiger partial charge in [0.05, 0.1) is 18.2 Å². The molecule has 1 aliphatic rings. The molecule has 1 aromatic carbocycles. The third kappa shape index (κ3) is 4.01. The van der Waals surface area contributed by atoms with Gasteiger partial charge in [0.2, 0.25) is 0 Å². The minimum Gasteiger partial charge on any atom is -0.362 e. The van der Waals surface area contributed by atoms with Crippen molar-refractivity contribution >= 4 is 16.9 Å². The van der Waals surface area contributed by atoms with E-state index < -0.39 is 0 Å². The van der Waals surface area contributed by atoms with Gasteiger partial charge in [-0.05, 0) is 29.5 Å². The van der Waals surface area contributed by atoms with Crippen molar-refractivity contribution in [1.82, 2.24) is 5.32 Å². The molecular formula is C16H21N3S. The predicted molar refractivity (Wildman–Crippen MR) is 85.7 cm³/mol. The molecule has 0 saturated carbocycles. The van der Waals surface area contributed by atoms with Crippen molar-refractivity contribution in [2.75, 3.05) is 5.75 Å². The summed E-state index contributed by atoms with van der Waals surface area (Å²) in [6.45, 7) is 7.45. The van der Waals surface area contributed by atoms with Crippen LogP contribution in [0.5, 0.6) is 0 Å². The third-order valence-corrected chi connectivity index (χ3v) is 4.44. The molecule has 20 heavy (non-hydrogen) atoms. The van der Waals surface area contributed by atoms with Crippen LogP contribution in [0, 0.1) is 16.7 Å². The van der Waals surface area contributed by atoms with Gasteiger partial charge in [-0.2, -0.15) is 5.26 Å². The van der Waals surface area contributed by atoms with Gasteiger partial charge in [0.25, 0.3) is 0 Å². The number of nitrogens with one attached hydrogen (secondary N) is 1. The molecule has 0 bridgehead atoms.